The van der Waals surface area contributed by atoms with E-state index in [0.717, 1.165) is 22.2 Å². The molecule has 1 aromatic carbocycles. The summed E-state index contributed by atoms with van der Waals surface area (Å²) in [6.07, 6.45) is 5.06. The summed E-state index contributed by atoms with van der Waals surface area (Å²) < 4.78 is 0. The van der Waals surface area contributed by atoms with Crippen LogP contribution in [0.5, 0.6) is 0 Å². The average Bonchev–Trinajstić information content (AvgIpc) is 3.03. The summed E-state index contributed by atoms with van der Waals surface area (Å²) in [6, 6.07) is 7.91. The molecule has 1 spiro atoms. The Hall–Kier alpha value is -1.47. The van der Waals surface area contributed by atoms with Gasteiger partial charge in [-0.2, -0.15) is 5.26 Å². The third-order valence-corrected chi connectivity index (χ3v) is 5.11. The smallest absolute Gasteiger partial charge is 0.161 e. The van der Waals surface area contributed by atoms with Gasteiger partial charge in [-0.3, -0.25) is 4.99 Å². The average molecular weight is 271 g/mol. The lowest BCUT2D eigenvalue weighted by Crippen LogP contribution is -2.21. The number of nitriles is 1. The molecule has 3 rings (SSSR count). The van der Waals surface area contributed by atoms with Gasteiger partial charge in [-0.05, 0) is 37.5 Å². The largest absolute Gasteiger partial charge is 0.335 e. The van der Waals surface area contributed by atoms with Crippen molar-refractivity contribution in [2.75, 3.05) is 11.1 Å². The maximum atomic E-state index is 8.97. The number of rotatable bonds is 1. The van der Waals surface area contributed by atoms with E-state index in [-0.39, 0.29) is 5.54 Å². The zero-order valence-corrected chi connectivity index (χ0v) is 11.9. The molecule has 1 aliphatic heterocycles. The van der Waals surface area contributed by atoms with Gasteiger partial charge in [0.2, 0.25) is 0 Å². The van der Waals surface area contributed by atoms with E-state index >= 15 is 0 Å². The molecule has 2 aliphatic rings. The number of aryl methyl sites for hydroxylation is 1. The molecule has 3 nitrogen and oxygen atoms in total. The number of anilines is 1. The van der Waals surface area contributed by atoms with E-state index in [2.05, 4.69) is 18.3 Å². The second kappa shape index (κ2) is 4.90. The van der Waals surface area contributed by atoms with Crippen molar-refractivity contribution in [1.29, 1.82) is 5.26 Å². The fourth-order valence-corrected chi connectivity index (χ4v) is 3.98. The molecule has 0 amide bonds. The van der Waals surface area contributed by atoms with E-state index in [4.69, 9.17) is 10.3 Å². The van der Waals surface area contributed by atoms with Crippen molar-refractivity contribution in [3.63, 3.8) is 0 Å². The van der Waals surface area contributed by atoms with Gasteiger partial charge in [0.05, 0.1) is 17.2 Å². The number of nitrogens with one attached hydrogen (secondary N) is 1. The Morgan fingerprint density at radius 3 is 2.89 bits per heavy atom. The highest BCUT2D eigenvalue weighted by atomic mass is 32.2. The number of hydrogen-bond donors (Lipinski definition) is 1. The van der Waals surface area contributed by atoms with E-state index in [1.54, 1.807) is 0 Å². The Morgan fingerprint density at radius 1 is 1.37 bits per heavy atom. The number of aliphatic imine (C=N–C) groups is 1. The Balaban J connectivity index is 1.81. The quantitative estimate of drug-likeness (QED) is 0.847. The van der Waals surface area contributed by atoms with E-state index in [1.165, 1.54) is 25.7 Å². The number of nitrogens with zero attached hydrogens (tertiary/aromatic N) is 2. The van der Waals surface area contributed by atoms with Crippen molar-refractivity contribution in [3.05, 3.63) is 29.3 Å². The van der Waals surface area contributed by atoms with E-state index in [1.807, 2.05) is 30.0 Å². The molecular formula is C15H17N3S. The summed E-state index contributed by atoms with van der Waals surface area (Å²) in [4.78, 5) is 4.90. The van der Waals surface area contributed by atoms with Gasteiger partial charge in [0.15, 0.2) is 5.17 Å². The van der Waals surface area contributed by atoms with Crippen LogP contribution in [0.25, 0.3) is 0 Å². The zero-order chi connectivity index (χ0) is 13.3. The maximum Gasteiger partial charge on any atom is 0.161 e. The molecule has 1 saturated carbocycles. The Bertz CT molecular complexity index is 565. The summed E-state index contributed by atoms with van der Waals surface area (Å²) in [5.74, 6) is 1.10. The van der Waals surface area contributed by atoms with Crippen molar-refractivity contribution < 1.29 is 0 Å². The summed E-state index contributed by atoms with van der Waals surface area (Å²) >= 11 is 1.81. The molecule has 1 aliphatic carbocycles. The minimum Gasteiger partial charge on any atom is -0.335 e. The molecule has 1 aromatic rings. The zero-order valence-electron chi connectivity index (χ0n) is 11.1. The van der Waals surface area contributed by atoms with Crippen LogP contribution in [0.3, 0.4) is 0 Å². The predicted molar refractivity (Wildman–Crippen MR) is 80.6 cm³/mol. The number of amidine groups is 1. The lowest BCUT2D eigenvalue weighted by Gasteiger charge is -2.16. The molecule has 0 aromatic heterocycles. The summed E-state index contributed by atoms with van der Waals surface area (Å²) in [5, 5.41) is 13.4. The first-order chi connectivity index (χ1) is 9.21. The van der Waals surface area contributed by atoms with Crippen LogP contribution in [0.4, 0.5) is 5.69 Å². The number of benzene rings is 1. The topological polar surface area (TPSA) is 48.2 Å². The lowest BCUT2D eigenvalue weighted by atomic mass is 10.0. The van der Waals surface area contributed by atoms with Crippen LogP contribution >= 0.6 is 11.8 Å². The second-order valence-corrected chi connectivity index (χ2v) is 6.37. The Labute approximate surface area is 118 Å². The monoisotopic (exact) mass is 271 g/mol. The molecule has 98 valence electrons. The molecule has 1 heterocycles. The molecule has 19 heavy (non-hydrogen) atoms. The van der Waals surface area contributed by atoms with Crippen molar-refractivity contribution in [2.24, 2.45) is 4.99 Å². The Morgan fingerprint density at radius 2 is 2.16 bits per heavy atom. The SMILES string of the molecule is Cc1ccc(C#N)cc1NC1=NC2(CCCC2)CS1. The first-order valence-corrected chi connectivity index (χ1v) is 7.70. The highest BCUT2D eigenvalue weighted by Gasteiger charge is 2.38. The van der Waals surface area contributed by atoms with Gasteiger partial charge in [0.25, 0.3) is 0 Å². The predicted octanol–water partition coefficient (Wildman–Crippen LogP) is 3.69. The number of thioether (sulfide) groups is 1. The number of hydrogen-bond acceptors (Lipinski definition) is 4. The fraction of sp³-hybridized carbons (Fsp3) is 0.467. The summed E-state index contributed by atoms with van der Waals surface area (Å²) in [6.45, 7) is 2.05. The Kier molecular flexibility index (Phi) is 3.24. The van der Waals surface area contributed by atoms with Gasteiger partial charge in [0, 0.05) is 11.4 Å². The minimum atomic E-state index is 0.202. The van der Waals surface area contributed by atoms with Crippen molar-refractivity contribution >= 4 is 22.6 Å². The van der Waals surface area contributed by atoms with Crippen LogP contribution < -0.4 is 5.32 Å². The lowest BCUT2D eigenvalue weighted by molar-refractivity contribution is 0.508. The van der Waals surface area contributed by atoms with Crippen LogP contribution in [-0.4, -0.2) is 16.5 Å². The maximum absolute atomic E-state index is 8.97. The molecule has 1 fully saturated rings. The molecule has 0 radical (unpaired) electrons. The van der Waals surface area contributed by atoms with E-state index in [9.17, 15) is 0 Å². The molecular weight excluding hydrogens is 254 g/mol. The molecule has 0 atom stereocenters. The van der Waals surface area contributed by atoms with Crippen molar-refractivity contribution in [2.45, 2.75) is 38.1 Å². The standard InChI is InChI=1S/C15H17N3S/c1-11-4-5-12(9-16)8-13(11)17-14-18-15(10-19-14)6-2-3-7-15/h4-5,8H,2-3,6-7,10H2,1H3,(H,17,18). The molecule has 0 saturated heterocycles. The van der Waals surface area contributed by atoms with Gasteiger partial charge in [0.1, 0.15) is 0 Å². The van der Waals surface area contributed by atoms with Crippen LogP contribution in [0.1, 0.15) is 36.8 Å². The highest BCUT2D eigenvalue weighted by Crippen LogP contribution is 2.41. The van der Waals surface area contributed by atoms with Gasteiger partial charge >= 0.3 is 0 Å². The molecule has 0 bridgehead atoms. The fourth-order valence-electron chi connectivity index (χ4n) is 2.78. The van der Waals surface area contributed by atoms with Crippen LogP contribution in [0, 0.1) is 18.3 Å². The van der Waals surface area contributed by atoms with Crippen LogP contribution in [0.2, 0.25) is 0 Å². The van der Waals surface area contributed by atoms with Crippen LogP contribution in [-0.2, 0) is 0 Å². The first-order valence-electron chi connectivity index (χ1n) is 6.71. The summed E-state index contributed by atoms with van der Waals surface area (Å²) in [5.41, 5.74) is 3.04. The third-order valence-electron chi connectivity index (χ3n) is 3.96. The normalized spacial score (nSPS) is 20.3. The molecule has 1 N–H and O–H groups in total. The molecule has 0 unspecified atom stereocenters. The summed E-state index contributed by atoms with van der Waals surface area (Å²) in [7, 11) is 0. The second-order valence-electron chi connectivity index (χ2n) is 5.40. The van der Waals surface area contributed by atoms with E-state index < -0.39 is 0 Å². The van der Waals surface area contributed by atoms with E-state index in [0.29, 0.717) is 5.56 Å². The third kappa shape index (κ3) is 2.48. The minimum absolute atomic E-state index is 0.202. The van der Waals surface area contributed by atoms with Crippen molar-refractivity contribution in [1.82, 2.24) is 0 Å². The van der Waals surface area contributed by atoms with Crippen molar-refractivity contribution in [3.8, 4) is 6.07 Å². The molecule has 4 heteroatoms. The van der Waals surface area contributed by atoms with Gasteiger partial charge in [-0.1, -0.05) is 30.7 Å². The highest BCUT2D eigenvalue weighted by molar-refractivity contribution is 8.14. The first kappa shape index (κ1) is 12.6. The van der Waals surface area contributed by atoms with Gasteiger partial charge < -0.3 is 5.32 Å². The van der Waals surface area contributed by atoms with Crippen LogP contribution in [0.15, 0.2) is 23.2 Å². The van der Waals surface area contributed by atoms with Gasteiger partial charge in [-0.15, -0.1) is 0 Å². The van der Waals surface area contributed by atoms with Gasteiger partial charge in [-0.25, -0.2) is 0 Å².